The molecule has 0 bridgehead atoms. The molecule has 5 heteroatoms. The van der Waals surface area contributed by atoms with Gasteiger partial charge < -0.3 is 14.3 Å². The van der Waals surface area contributed by atoms with Crippen LogP contribution in [0.3, 0.4) is 0 Å². The van der Waals surface area contributed by atoms with Gasteiger partial charge in [-0.05, 0) is 17.8 Å². The molecule has 5 nitrogen and oxygen atoms in total. The zero-order valence-electron chi connectivity index (χ0n) is 11.4. The molecule has 1 N–H and O–H groups in total. The first kappa shape index (κ1) is 12.9. The van der Waals surface area contributed by atoms with Crippen molar-refractivity contribution < 1.29 is 19.1 Å². The predicted molar refractivity (Wildman–Crippen MR) is 64.9 cm³/mol. The SMILES string of the molecule is CCOc1oc(C2C(C)(C)C2(C)C)nc1C(=O)O. The smallest absolute Gasteiger partial charge is 0.362 e. The summed E-state index contributed by atoms with van der Waals surface area (Å²) in [5, 5.41) is 9.07. The Kier molecular flexibility index (Phi) is 2.68. The van der Waals surface area contributed by atoms with E-state index in [1.165, 1.54) is 0 Å². The number of carbonyl (C=O) groups is 1. The summed E-state index contributed by atoms with van der Waals surface area (Å²) in [7, 11) is 0. The van der Waals surface area contributed by atoms with Crippen molar-refractivity contribution in [1.82, 2.24) is 4.98 Å². The van der Waals surface area contributed by atoms with E-state index in [1.807, 2.05) is 0 Å². The van der Waals surface area contributed by atoms with Crippen LogP contribution in [-0.4, -0.2) is 22.7 Å². The quantitative estimate of drug-likeness (QED) is 0.893. The van der Waals surface area contributed by atoms with Crippen molar-refractivity contribution in [2.45, 2.75) is 40.5 Å². The van der Waals surface area contributed by atoms with E-state index in [-0.39, 0.29) is 28.4 Å². The first-order valence-electron chi connectivity index (χ1n) is 6.10. The molecule has 0 aromatic carbocycles. The number of hydrogen-bond acceptors (Lipinski definition) is 4. The molecule has 2 rings (SSSR count). The Labute approximate surface area is 106 Å². The van der Waals surface area contributed by atoms with E-state index < -0.39 is 5.97 Å². The maximum absolute atomic E-state index is 11.1. The molecule has 1 aromatic heterocycles. The zero-order valence-corrected chi connectivity index (χ0v) is 11.4. The first-order valence-corrected chi connectivity index (χ1v) is 6.10. The van der Waals surface area contributed by atoms with E-state index in [0.29, 0.717) is 12.5 Å². The summed E-state index contributed by atoms with van der Waals surface area (Å²) in [5.74, 6) is -0.522. The molecular formula is C13H19NO4. The van der Waals surface area contributed by atoms with E-state index in [1.54, 1.807) is 6.92 Å². The van der Waals surface area contributed by atoms with Crippen molar-refractivity contribution in [3.63, 3.8) is 0 Å². The Bertz CT molecular complexity index is 473. The number of oxazole rings is 1. The van der Waals surface area contributed by atoms with Crippen molar-refractivity contribution in [2.24, 2.45) is 10.8 Å². The third-order valence-electron chi connectivity index (χ3n) is 4.36. The first-order chi connectivity index (χ1) is 8.23. The van der Waals surface area contributed by atoms with E-state index >= 15 is 0 Å². The fourth-order valence-electron chi connectivity index (χ4n) is 2.62. The minimum Gasteiger partial charge on any atom is -0.476 e. The summed E-state index contributed by atoms with van der Waals surface area (Å²) < 4.78 is 10.7. The topological polar surface area (TPSA) is 72.6 Å². The molecule has 1 aliphatic carbocycles. The molecule has 0 spiro atoms. The molecule has 1 saturated carbocycles. The molecule has 0 radical (unpaired) electrons. The molecule has 100 valence electrons. The Balaban J connectivity index is 2.37. The third-order valence-corrected chi connectivity index (χ3v) is 4.36. The predicted octanol–water partition coefficient (Wildman–Crippen LogP) is 2.92. The molecule has 1 heterocycles. The second-order valence-electron chi connectivity index (χ2n) is 5.80. The zero-order chi connectivity index (χ0) is 13.7. The lowest BCUT2D eigenvalue weighted by Gasteiger charge is -2.03. The average Bonchev–Trinajstić information content (AvgIpc) is 2.58. The Morgan fingerprint density at radius 1 is 1.39 bits per heavy atom. The van der Waals surface area contributed by atoms with Crippen molar-refractivity contribution in [1.29, 1.82) is 0 Å². The minimum absolute atomic E-state index is 0.0125. The van der Waals surface area contributed by atoms with Crippen molar-refractivity contribution in [3.8, 4) is 5.95 Å². The molecule has 18 heavy (non-hydrogen) atoms. The monoisotopic (exact) mass is 253 g/mol. The van der Waals surface area contributed by atoms with Crippen LogP contribution in [0.5, 0.6) is 5.95 Å². The number of carboxylic acids is 1. The van der Waals surface area contributed by atoms with Crippen LogP contribution in [0.1, 0.15) is 56.9 Å². The lowest BCUT2D eigenvalue weighted by atomic mass is 10.0. The summed E-state index contributed by atoms with van der Waals surface area (Å²) in [4.78, 5) is 15.2. The summed E-state index contributed by atoms with van der Waals surface area (Å²) in [6, 6.07) is 0. The molecule has 0 saturated heterocycles. The highest BCUT2D eigenvalue weighted by Gasteiger charge is 2.67. The fraction of sp³-hybridized carbons (Fsp3) is 0.692. The average molecular weight is 253 g/mol. The maximum atomic E-state index is 11.1. The molecule has 0 atom stereocenters. The number of aromatic nitrogens is 1. The van der Waals surface area contributed by atoms with Gasteiger partial charge >= 0.3 is 11.9 Å². The van der Waals surface area contributed by atoms with Crippen LogP contribution in [0.25, 0.3) is 0 Å². The number of rotatable bonds is 4. The third kappa shape index (κ3) is 1.61. The maximum Gasteiger partial charge on any atom is 0.362 e. The number of nitrogens with zero attached hydrogens (tertiary/aromatic N) is 1. The van der Waals surface area contributed by atoms with Crippen LogP contribution in [0.2, 0.25) is 0 Å². The van der Waals surface area contributed by atoms with E-state index in [4.69, 9.17) is 14.3 Å². The van der Waals surface area contributed by atoms with Crippen LogP contribution in [0, 0.1) is 10.8 Å². The van der Waals surface area contributed by atoms with Gasteiger partial charge in [-0.3, -0.25) is 0 Å². The molecule has 1 aliphatic rings. The summed E-state index contributed by atoms with van der Waals surface area (Å²) in [5.41, 5.74) is -0.0286. The molecule has 0 unspecified atom stereocenters. The molecule has 1 aromatic rings. The van der Waals surface area contributed by atoms with Gasteiger partial charge in [0.05, 0.1) is 6.61 Å². The van der Waals surface area contributed by atoms with E-state index in [0.717, 1.165) is 0 Å². The van der Waals surface area contributed by atoms with Gasteiger partial charge in [-0.1, -0.05) is 27.7 Å². The number of hydrogen-bond donors (Lipinski definition) is 1. The van der Waals surface area contributed by atoms with Crippen molar-refractivity contribution >= 4 is 5.97 Å². The highest BCUT2D eigenvalue weighted by molar-refractivity contribution is 5.87. The second kappa shape index (κ2) is 3.73. The summed E-state index contributed by atoms with van der Waals surface area (Å²) in [6.45, 7) is 10.6. The summed E-state index contributed by atoms with van der Waals surface area (Å²) in [6.07, 6.45) is 0. The van der Waals surface area contributed by atoms with Gasteiger partial charge in [-0.2, -0.15) is 0 Å². The normalized spacial score (nSPS) is 20.7. The fourth-order valence-corrected chi connectivity index (χ4v) is 2.62. The van der Waals surface area contributed by atoms with Gasteiger partial charge in [0.25, 0.3) is 0 Å². The minimum atomic E-state index is -1.12. The van der Waals surface area contributed by atoms with Crippen molar-refractivity contribution in [3.05, 3.63) is 11.6 Å². The van der Waals surface area contributed by atoms with Gasteiger partial charge in [-0.15, -0.1) is 0 Å². The highest BCUT2D eigenvalue weighted by atomic mass is 16.6. The van der Waals surface area contributed by atoms with Gasteiger partial charge in [0, 0.05) is 5.92 Å². The Hall–Kier alpha value is -1.52. The molecule has 1 fully saturated rings. The van der Waals surface area contributed by atoms with E-state index in [2.05, 4.69) is 32.7 Å². The number of carboxylic acid groups (broad SMARTS) is 1. The lowest BCUT2D eigenvalue weighted by Crippen LogP contribution is -2.01. The number of aromatic carboxylic acids is 1. The summed E-state index contributed by atoms with van der Waals surface area (Å²) >= 11 is 0. The van der Waals surface area contributed by atoms with Gasteiger partial charge in [0.1, 0.15) is 0 Å². The molecular weight excluding hydrogens is 234 g/mol. The van der Waals surface area contributed by atoms with E-state index in [9.17, 15) is 4.79 Å². The van der Waals surface area contributed by atoms with Gasteiger partial charge in [0.2, 0.25) is 11.6 Å². The van der Waals surface area contributed by atoms with Crippen LogP contribution < -0.4 is 4.74 Å². The largest absolute Gasteiger partial charge is 0.476 e. The second-order valence-corrected chi connectivity index (χ2v) is 5.80. The standard InChI is InChI=1S/C13H19NO4/c1-6-17-11-7(10(15)16)14-9(18-11)8-12(2,3)13(8,4)5/h8H,6H2,1-5H3,(H,15,16). The molecule has 0 amide bonds. The Morgan fingerprint density at radius 3 is 2.33 bits per heavy atom. The van der Waals surface area contributed by atoms with Crippen LogP contribution in [0.4, 0.5) is 0 Å². The van der Waals surface area contributed by atoms with Crippen LogP contribution in [0.15, 0.2) is 4.42 Å². The van der Waals surface area contributed by atoms with Crippen molar-refractivity contribution in [2.75, 3.05) is 6.61 Å². The lowest BCUT2D eigenvalue weighted by molar-refractivity contribution is 0.0683. The van der Waals surface area contributed by atoms with Gasteiger partial charge in [-0.25, -0.2) is 9.78 Å². The van der Waals surface area contributed by atoms with Gasteiger partial charge in [0.15, 0.2) is 0 Å². The van der Waals surface area contributed by atoms with Crippen LogP contribution >= 0.6 is 0 Å². The van der Waals surface area contributed by atoms with Crippen LogP contribution in [-0.2, 0) is 0 Å². The number of ether oxygens (including phenoxy) is 1. The molecule has 0 aliphatic heterocycles. The highest BCUT2D eigenvalue weighted by Crippen LogP contribution is 2.73. The Morgan fingerprint density at radius 2 is 1.94 bits per heavy atom.